The van der Waals surface area contributed by atoms with Crippen LogP contribution in [0.15, 0.2) is 0 Å². The van der Waals surface area contributed by atoms with Crippen LogP contribution in [0.3, 0.4) is 0 Å². The van der Waals surface area contributed by atoms with Gasteiger partial charge in [0.2, 0.25) is 5.91 Å². The number of carbonyl (C=O) groups is 1. The summed E-state index contributed by atoms with van der Waals surface area (Å²) in [5.74, 6) is -0.162. The van der Waals surface area contributed by atoms with Gasteiger partial charge in [0.1, 0.15) is 0 Å². The molecule has 0 aromatic carbocycles. The minimum absolute atomic E-state index is 0.111. The highest BCUT2D eigenvalue weighted by Gasteiger charge is 2.13. The number of nitrogens with zero attached hydrogens (tertiary/aromatic N) is 1. The van der Waals surface area contributed by atoms with Crippen molar-refractivity contribution in [2.75, 3.05) is 0 Å². The minimum Gasteiger partial charge on any atom is -0.351 e. The van der Waals surface area contributed by atoms with Crippen LogP contribution < -0.4 is 11.1 Å². The minimum atomic E-state index is -0.439. The van der Waals surface area contributed by atoms with E-state index in [1.165, 1.54) is 0 Å². The Morgan fingerprint density at radius 1 is 1.69 bits per heavy atom. The lowest BCUT2D eigenvalue weighted by molar-refractivity contribution is -0.123. The number of amides is 1. The maximum Gasteiger partial charge on any atom is 0.237 e. The Balaban J connectivity index is 3.79. The zero-order valence-electron chi connectivity index (χ0n) is 8.21. The number of nitriles is 1. The predicted octanol–water partition coefficient (Wildman–Crippen LogP) is 0.532. The number of carbonyl (C=O) groups excluding carboxylic acids is 1. The van der Waals surface area contributed by atoms with E-state index in [4.69, 9.17) is 11.0 Å². The predicted molar refractivity (Wildman–Crippen MR) is 50.7 cm³/mol. The van der Waals surface area contributed by atoms with E-state index >= 15 is 0 Å². The average molecular weight is 183 g/mol. The van der Waals surface area contributed by atoms with Gasteiger partial charge in [0, 0.05) is 6.04 Å². The molecule has 2 atom stereocenters. The highest BCUT2D eigenvalue weighted by Crippen LogP contribution is 1.95. The van der Waals surface area contributed by atoms with Gasteiger partial charge in [0.25, 0.3) is 0 Å². The van der Waals surface area contributed by atoms with Crippen LogP contribution in [0, 0.1) is 11.3 Å². The fraction of sp³-hybridized carbons (Fsp3) is 0.778. The first-order valence-corrected chi connectivity index (χ1v) is 4.54. The summed E-state index contributed by atoms with van der Waals surface area (Å²) >= 11 is 0. The lowest BCUT2D eigenvalue weighted by Crippen LogP contribution is -2.44. The molecule has 0 saturated carbocycles. The van der Waals surface area contributed by atoms with Crippen molar-refractivity contribution in [3.05, 3.63) is 0 Å². The quantitative estimate of drug-likeness (QED) is 0.652. The van der Waals surface area contributed by atoms with E-state index in [1.807, 2.05) is 13.0 Å². The van der Waals surface area contributed by atoms with E-state index in [1.54, 1.807) is 6.92 Å². The summed E-state index contributed by atoms with van der Waals surface area (Å²) in [5.41, 5.74) is 5.58. The van der Waals surface area contributed by atoms with Crippen molar-refractivity contribution in [1.29, 1.82) is 5.26 Å². The second-order valence-electron chi connectivity index (χ2n) is 3.17. The van der Waals surface area contributed by atoms with Crippen molar-refractivity contribution in [2.24, 2.45) is 5.73 Å². The molecule has 74 valence electrons. The van der Waals surface area contributed by atoms with Crippen molar-refractivity contribution in [3.8, 4) is 6.07 Å². The van der Waals surface area contributed by atoms with Gasteiger partial charge in [0.15, 0.2) is 0 Å². The van der Waals surface area contributed by atoms with Crippen molar-refractivity contribution >= 4 is 5.91 Å². The van der Waals surface area contributed by atoms with E-state index in [9.17, 15) is 4.79 Å². The lowest BCUT2D eigenvalue weighted by Gasteiger charge is -2.14. The van der Waals surface area contributed by atoms with Crippen LogP contribution in [-0.2, 0) is 4.79 Å². The Hall–Kier alpha value is -1.08. The van der Waals surface area contributed by atoms with Gasteiger partial charge in [-0.05, 0) is 13.3 Å². The normalized spacial score (nSPS) is 14.3. The number of rotatable bonds is 5. The van der Waals surface area contributed by atoms with E-state index < -0.39 is 6.04 Å². The smallest absolute Gasteiger partial charge is 0.237 e. The molecule has 0 aromatic heterocycles. The first-order valence-electron chi connectivity index (χ1n) is 4.54. The molecule has 0 bridgehead atoms. The molecule has 0 spiro atoms. The molecule has 0 aliphatic carbocycles. The number of nitrogens with two attached hydrogens (primary N) is 1. The van der Waals surface area contributed by atoms with Gasteiger partial charge in [-0.1, -0.05) is 13.3 Å². The Morgan fingerprint density at radius 3 is 2.77 bits per heavy atom. The topological polar surface area (TPSA) is 78.9 Å². The van der Waals surface area contributed by atoms with E-state index in [-0.39, 0.29) is 11.9 Å². The van der Waals surface area contributed by atoms with E-state index in [0.29, 0.717) is 12.8 Å². The fourth-order valence-corrected chi connectivity index (χ4v) is 0.980. The molecular weight excluding hydrogens is 166 g/mol. The van der Waals surface area contributed by atoms with Gasteiger partial charge >= 0.3 is 0 Å². The SMILES string of the molecule is CCCC(N)C(=O)NC(C)CC#N. The average Bonchev–Trinajstić information content (AvgIpc) is 2.05. The van der Waals surface area contributed by atoms with Crippen molar-refractivity contribution in [3.63, 3.8) is 0 Å². The highest BCUT2D eigenvalue weighted by molar-refractivity contribution is 5.81. The first kappa shape index (κ1) is 11.9. The Labute approximate surface area is 79.1 Å². The molecule has 0 aliphatic rings. The highest BCUT2D eigenvalue weighted by atomic mass is 16.2. The molecule has 0 saturated heterocycles. The molecule has 3 N–H and O–H groups in total. The van der Waals surface area contributed by atoms with Gasteiger partial charge in [-0.2, -0.15) is 5.26 Å². The van der Waals surface area contributed by atoms with Crippen LogP contribution in [-0.4, -0.2) is 18.0 Å². The Morgan fingerprint density at radius 2 is 2.31 bits per heavy atom. The Kier molecular flexibility index (Phi) is 5.90. The molecule has 4 nitrogen and oxygen atoms in total. The molecule has 13 heavy (non-hydrogen) atoms. The number of hydrogen-bond donors (Lipinski definition) is 2. The fourth-order valence-electron chi connectivity index (χ4n) is 0.980. The second-order valence-corrected chi connectivity index (χ2v) is 3.17. The van der Waals surface area contributed by atoms with Gasteiger partial charge in [-0.15, -0.1) is 0 Å². The number of hydrogen-bond acceptors (Lipinski definition) is 3. The first-order chi connectivity index (χ1) is 6.11. The molecule has 0 radical (unpaired) electrons. The van der Waals surface area contributed by atoms with Crippen LogP contribution in [0.25, 0.3) is 0 Å². The largest absolute Gasteiger partial charge is 0.351 e. The van der Waals surface area contributed by atoms with Crippen molar-refractivity contribution in [1.82, 2.24) is 5.32 Å². The molecule has 0 rings (SSSR count). The summed E-state index contributed by atoms with van der Waals surface area (Å²) < 4.78 is 0. The van der Waals surface area contributed by atoms with Crippen molar-refractivity contribution in [2.45, 2.75) is 45.2 Å². The van der Waals surface area contributed by atoms with Gasteiger partial charge in [-0.25, -0.2) is 0 Å². The summed E-state index contributed by atoms with van der Waals surface area (Å²) in [6.45, 7) is 3.77. The van der Waals surface area contributed by atoms with Crippen molar-refractivity contribution < 1.29 is 4.79 Å². The lowest BCUT2D eigenvalue weighted by atomic mass is 10.1. The molecule has 0 heterocycles. The Bertz CT molecular complexity index is 198. The standard InChI is InChI=1S/C9H17N3O/c1-3-4-8(11)9(13)12-7(2)5-6-10/h7-8H,3-5,11H2,1-2H3,(H,12,13). The van der Waals surface area contributed by atoms with Crippen LogP contribution in [0.4, 0.5) is 0 Å². The maximum absolute atomic E-state index is 11.3. The summed E-state index contributed by atoms with van der Waals surface area (Å²) in [6.07, 6.45) is 1.90. The third-order valence-electron chi connectivity index (χ3n) is 1.72. The summed E-state index contributed by atoms with van der Waals surface area (Å²) in [4.78, 5) is 11.3. The summed E-state index contributed by atoms with van der Waals surface area (Å²) in [6, 6.07) is 1.44. The molecule has 4 heteroatoms. The second kappa shape index (κ2) is 6.44. The third kappa shape index (κ3) is 5.21. The molecule has 0 aliphatic heterocycles. The van der Waals surface area contributed by atoms with E-state index in [2.05, 4.69) is 5.32 Å². The third-order valence-corrected chi connectivity index (χ3v) is 1.72. The molecule has 0 fully saturated rings. The van der Waals surface area contributed by atoms with Gasteiger partial charge < -0.3 is 11.1 Å². The van der Waals surface area contributed by atoms with Gasteiger partial charge in [-0.3, -0.25) is 4.79 Å². The zero-order chi connectivity index (χ0) is 10.3. The molecular formula is C9H17N3O. The van der Waals surface area contributed by atoms with Crippen LogP contribution in [0.1, 0.15) is 33.1 Å². The maximum atomic E-state index is 11.3. The van der Waals surface area contributed by atoms with Crippen LogP contribution in [0.5, 0.6) is 0 Å². The molecule has 0 aromatic rings. The van der Waals surface area contributed by atoms with Gasteiger partial charge in [0.05, 0.1) is 18.5 Å². The monoisotopic (exact) mass is 183 g/mol. The number of nitrogens with one attached hydrogen (secondary N) is 1. The molecule has 1 amide bonds. The van der Waals surface area contributed by atoms with E-state index in [0.717, 1.165) is 6.42 Å². The van der Waals surface area contributed by atoms with Crippen LogP contribution >= 0.6 is 0 Å². The molecule has 2 unspecified atom stereocenters. The van der Waals surface area contributed by atoms with Crippen LogP contribution in [0.2, 0.25) is 0 Å². The summed E-state index contributed by atoms with van der Waals surface area (Å²) in [5, 5.41) is 11.0. The zero-order valence-corrected chi connectivity index (χ0v) is 8.21. The summed E-state index contributed by atoms with van der Waals surface area (Å²) in [7, 11) is 0.